The quantitative estimate of drug-likeness (QED) is 0.736. The number of aromatic nitrogens is 2. The Hall–Kier alpha value is -1.12. The highest BCUT2D eigenvalue weighted by atomic mass is 16.1. The van der Waals surface area contributed by atoms with E-state index in [1.807, 2.05) is 13.8 Å². The van der Waals surface area contributed by atoms with Gasteiger partial charge in [-0.2, -0.15) is 5.10 Å². The van der Waals surface area contributed by atoms with Crippen molar-refractivity contribution in [3.05, 3.63) is 17.0 Å². The van der Waals surface area contributed by atoms with Crippen LogP contribution in [0.2, 0.25) is 0 Å². The fourth-order valence-electron chi connectivity index (χ4n) is 2.94. The number of carbonyl (C=O) groups is 1. The predicted octanol–water partition coefficient (Wildman–Crippen LogP) is 3.31. The maximum absolute atomic E-state index is 11.0. The summed E-state index contributed by atoms with van der Waals surface area (Å²) in [6.07, 6.45) is 4.57. The van der Waals surface area contributed by atoms with E-state index >= 15 is 0 Å². The molecule has 1 aromatic heterocycles. The lowest BCUT2D eigenvalue weighted by Gasteiger charge is -2.32. The van der Waals surface area contributed by atoms with Crippen molar-refractivity contribution in [1.82, 2.24) is 9.78 Å². The molecule has 1 fully saturated rings. The molecule has 2 rings (SSSR count). The molecule has 94 valence electrons. The molecule has 1 aliphatic carbocycles. The normalized spacial score (nSPS) is 29.3. The summed E-state index contributed by atoms with van der Waals surface area (Å²) in [5.74, 6) is 1.56. The Kier molecular flexibility index (Phi) is 3.36. The minimum Gasteiger partial charge on any atom is -0.298 e. The van der Waals surface area contributed by atoms with E-state index in [9.17, 15) is 4.79 Å². The molecular weight excluding hydrogens is 212 g/mol. The summed E-state index contributed by atoms with van der Waals surface area (Å²) in [5.41, 5.74) is 2.67. The summed E-state index contributed by atoms with van der Waals surface area (Å²) >= 11 is 0. The Morgan fingerprint density at radius 2 is 1.94 bits per heavy atom. The topological polar surface area (TPSA) is 34.9 Å². The van der Waals surface area contributed by atoms with Gasteiger partial charge in [0.25, 0.3) is 0 Å². The highest BCUT2D eigenvalue weighted by Gasteiger charge is 2.27. The molecule has 1 aromatic rings. The van der Waals surface area contributed by atoms with Gasteiger partial charge in [-0.3, -0.25) is 9.48 Å². The van der Waals surface area contributed by atoms with Crippen LogP contribution >= 0.6 is 0 Å². The molecule has 3 heteroatoms. The fourth-order valence-corrected chi connectivity index (χ4v) is 2.94. The first kappa shape index (κ1) is 12.3. The van der Waals surface area contributed by atoms with Crippen LogP contribution in [0, 0.1) is 25.7 Å². The van der Waals surface area contributed by atoms with Crippen LogP contribution in [0.1, 0.15) is 60.9 Å². The molecule has 0 radical (unpaired) electrons. The van der Waals surface area contributed by atoms with Crippen molar-refractivity contribution in [1.29, 1.82) is 0 Å². The van der Waals surface area contributed by atoms with Crippen LogP contribution in [0.25, 0.3) is 0 Å². The molecular formula is C14H22N2O. The molecule has 0 bridgehead atoms. The minimum absolute atomic E-state index is 0.480. The molecule has 3 nitrogen and oxygen atoms in total. The van der Waals surface area contributed by atoms with Crippen LogP contribution < -0.4 is 0 Å². The van der Waals surface area contributed by atoms with Gasteiger partial charge in [-0.15, -0.1) is 0 Å². The second-order valence-electron chi connectivity index (χ2n) is 5.57. The van der Waals surface area contributed by atoms with Crippen LogP contribution in [0.4, 0.5) is 0 Å². The second-order valence-corrected chi connectivity index (χ2v) is 5.57. The SMILES string of the molecule is Cc1nn(C2CCC(C)C(C)C2)c(C)c1C=O. The number of rotatable bonds is 2. The summed E-state index contributed by atoms with van der Waals surface area (Å²) < 4.78 is 2.08. The zero-order chi connectivity index (χ0) is 12.6. The van der Waals surface area contributed by atoms with E-state index in [2.05, 4.69) is 23.6 Å². The van der Waals surface area contributed by atoms with E-state index in [0.717, 1.165) is 35.1 Å². The van der Waals surface area contributed by atoms with Gasteiger partial charge in [0.1, 0.15) is 0 Å². The first-order valence-electron chi connectivity index (χ1n) is 6.55. The summed E-state index contributed by atoms with van der Waals surface area (Å²) in [5, 5.41) is 4.55. The Labute approximate surface area is 103 Å². The van der Waals surface area contributed by atoms with E-state index in [1.54, 1.807) is 0 Å². The maximum Gasteiger partial charge on any atom is 0.153 e. The Morgan fingerprint density at radius 1 is 1.24 bits per heavy atom. The lowest BCUT2D eigenvalue weighted by atomic mass is 9.79. The number of nitrogens with zero attached hydrogens (tertiary/aromatic N) is 2. The molecule has 0 saturated heterocycles. The third-order valence-corrected chi connectivity index (χ3v) is 4.42. The number of hydrogen-bond acceptors (Lipinski definition) is 2. The fraction of sp³-hybridized carbons (Fsp3) is 0.714. The zero-order valence-electron chi connectivity index (χ0n) is 11.2. The van der Waals surface area contributed by atoms with Crippen molar-refractivity contribution in [2.24, 2.45) is 11.8 Å². The van der Waals surface area contributed by atoms with Gasteiger partial charge >= 0.3 is 0 Å². The third-order valence-electron chi connectivity index (χ3n) is 4.42. The van der Waals surface area contributed by atoms with Crippen molar-refractivity contribution in [2.75, 3.05) is 0 Å². The van der Waals surface area contributed by atoms with Crippen molar-refractivity contribution < 1.29 is 4.79 Å². The number of hydrogen-bond donors (Lipinski definition) is 0. The van der Waals surface area contributed by atoms with Crippen molar-refractivity contribution in [2.45, 2.75) is 53.0 Å². The van der Waals surface area contributed by atoms with Crippen LogP contribution in [0.3, 0.4) is 0 Å². The van der Waals surface area contributed by atoms with E-state index in [0.29, 0.717) is 6.04 Å². The molecule has 0 spiro atoms. The Balaban J connectivity index is 2.26. The lowest BCUT2D eigenvalue weighted by Crippen LogP contribution is -2.24. The van der Waals surface area contributed by atoms with Crippen LogP contribution in [0.15, 0.2) is 0 Å². The second kappa shape index (κ2) is 4.63. The van der Waals surface area contributed by atoms with Gasteiger partial charge in [0.2, 0.25) is 0 Å². The number of aldehydes is 1. The highest BCUT2D eigenvalue weighted by molar-refractivity contribution is 5.78. The van der Waals surface area contributed by atoms with Gasteiger partial charge < -0.3 is 0 Å². The van der Waals surface area contributed by atoms with Crippen molar-refractivity contribution >= 4 is 6.29 Å². The van der Waals surface area contributed by atoms with E-state index < -0.39 is 0 Å². The van der Waals surface area contributed by atoms with E-state index in [1.165, 1.54) is 19.3 Å². The van der Waals surface area contributed by atoms with Crippen LogP contribution in [-0.4, -0.2) is 16.1 Å². The molecule has 3 unspecified atom stereocenters. The monoisotopic (exact) mass is 234 g/mol. The molecule has 17 heavy (non-hydrogen) atoms. The molecule has 1 heterocycles. The van der Waals surface area contributed by atoms with Gasteiger partial charge in [0.05, 0.1) is 17.3 Å². The standard InChI is InChI=1S/C14H22N2O/c1-9-5-6-13(7-10(9)2)16-12(4)14(8-17)11(3)15-16/h8-10,13H,5-7H2,1-4H3. The van der Waals surface area contributed by atoms with Crippen molar-refractivity contribution in [3.8, 4) is 0 Å². The maximum atomic E-state index is 11.0. The lowest BCUT2D eigenvalue weighted by molar-refractivity contribution is 0.112. The first-order valence-corrected chi connectivity index (χ1v) is 6.55. The molecule has 0 aromatic carbocycles. The van der Waals surface area contributed by atoms with Crippen LogP contribution in [-0.2, 0) is 0 Å². The van der Waals surface area contributed by atoms with Crippen molar-refractivity contribution in [3.63, 3.8) is 0 Å². The third kappa shape index (κ3) is 2.15. The average Bonchev–Trinajstić information content (AvgIpc) is 2.58. The molecule has 3 atom stereocenters. The van der Waals surface area contributed by atoms with Crippen LogP contribution in [0.5, 0.6) is 0 Å². The summed E-state index contributed by atoms with van der Waals surface area (Å²) in [6, 6.07) is 0.480. The summed E-state index contributed by atoms with van der Waals surface area (Å²) in [4.78, 5) is 11.0. The highest BCUT2D eigenvalue weighted by Crippen LogP contribution is 2.36. The molecule has 0 amide bonds. The Morgan fingerprint density at radius 3 is 2.47 bits per heavy atom. The number of aryl methyl sites for hydroxylation is 1. The first-order chi connectivity index (χ1) is 8.04. The van der Waals surface area contributed by atoms with Gasteiger partial charge in [0.15, 0.2) is 6.29 Å². The summed E-state index contributed by atoms with van der Waals surface area (Å²) in [7, 11) is 0. The number of carbonyl (C=O) groups excluding carboxylic acids is 1. The smallest absolute Gasteiger partial charge is 0.153 e. The van der Waals surface area contributed by atoms with E-state index in [-0.39, 0.29) is 0 Å². The predicted molar refractivity (Wildman–Crippen MR) is 68.3 cm³/mol. The van der Waals surface area contributed by atoms with Gasteiger partial charge in [-0.05, 0) is 44.9 Å². The molecule has 1 aliphatic rings. The molecule has 1 saturated carbocycles. The van der Waals surface area contributed by atoms with Gasteiger partial charge in [-0.1, -0.05) is 13.8 Å². The van der Waals surface area contributed by atoms with E-state index in [4.69, 9.17) is 0 Å². The van der Waals surface area contributed by atoms with Gasteiger partial charge in [0, 0.05) is 5.69 Å². The minimum atomic E-state index is 0.480. The zero-order valence-corrected chi connectivity index (χ0v) is 11.2. The molecule has 0 aliphatic heterocycles. The summed E-state index contributed by atoms with van der Waals surface area (Å²) in [6.45, 7) is 8.58. The Bertz CT molecular complexity index is 422. The molecule has 0 N–H and O–H groups in total. The van der Waals surface area contributed by atoms with Gasteiger partial charge in [-0.25, -0.2) is 0 Å². The largest absolute Gasteiger partial charge is 0.298 e. The average molecular weight is 234 g/mol.